The third-order valence-electron chi connectivity index (χ3n) is 4.60. The lowest BCUT2D eigenvalue weighted by molar-refractivity contribution is 0.0580. The van der Waals surface area contributed by atoms with Crippen LogP contribution in [0.25, 0.3) is 0 Å². The summed E-state index contributed by atoms with van der Waals surface area (Å²) in [5.74, 6) is 0.232. The molecule has 2 unspecified atom stereocenters. The minimum atomic E-state index is -3.08. The number of nitrogens with one attached hydrogen (secondary N) is 1. The SMILES string of the molecule is CC1OCCC1(CCS(=O)(=O)C(C)(C)C)CNC(C)(C)C. The molecule has 1 heterocycles. The molecule has 126 valence electrons. The second-order valence-electron chi connectivity index (χ2n) is 8.41. The Kier molecular flexibility index (Phi) is 5.56. The molecule has 1 saturated heterocycles. The van der Waals surface area contributed by atoms with Crippen LogP contribution in [0.1, 0.15) is 61.3 Å². The van der Waals surface area contributed by atoms with Gasteiger partial charge in [-0.25, -0.2) is 8.42 Å². The van der Waals surface area contributed by atoms with Crippen LogP contribution >= 0.6 is 0 Å². The fraction of sp³-hybridized carbons (Fsp3) is 1.00. The van der Waals surface area contributed by atoms with Crippen molar-refractivity contribution in [1.29, 1.82) is 0 Å². The van der Waals surface area contributed by atoms with E-state index in [0.29, 0.717) is 6.42 Å². The average molecular weight is 320 g/mol. The molecule has 2 atom stereocenters. The van der Waals surface area contributed by atoms with Gasteiger partial charge in [0.2, 0.25) is 0 Å². The predicted octanol–water partition coefficient (Wildman–Crippen LogP) is 2.77. The molecule has 1 rings (SSSR count). The molecule has 0 saturated carbocycles. The lowest BCUT2D eigenvalue weighted by atomic mass is 9.78. The zero-order valence-corrected chi connectivity index (χ0v) is 15.6. The van der Waals surface area contributed by atoms with E-state index >= 15 is 0 Å². The van der Waals surface area contributed by atoms with Crippen LogP contribution in [0.2, 0.25) is 0 Å². The van der Waals surface area contributed by atoms with E-state index in [9.17, 15) is 8.42 Å². The molecular formula is C16H33NO3S. The van der Waals surface area contributed by atoms with Crippen molar-refractivity contribution in [2.75, 3.05) is 18.9 Å². The van der Waals surface area contributed by atoms with Crippen LogP contribution in [0.15, 0.2) is 0 Å². The Hall–Kier alpha value is -0.130. The maximum absolute atomic E-state index is 12.4. The Morgan fingerprint density at radius 2 is 1.76 bits per heavy atom. The topological polar surface area (TPSA) is 55.4 Å². The molecule has 21 heavy (non-hydrogen) atoms. The highest BCUT2D eigenvalue weighted by molar-refractivity contribution is 7.92. The number of hydrogen-bond acceptors (Lipinski definition) is 4. The molecule has 4 nitrogen and oxygen atoms in total. The van der Waals surface area contributed by atoms with E-state index in [-0.39, 0.29) is 22.8 Å². The molecule has 1 N–H and O–H groups in total. The Balaban J connectivity index is 2.81. The average Bonchev–Trinajstić information content (AvgIpc) is 2.64. The summed E-state index contributed by atoms with van der Waals surface area (Å²) in [6, 6.07) is 0. The van der Waals surface area contributed by atoms with Crippen LogP contribution in [0, 0.1) is 5.41 Å². The van der Waals surface area contributed by atoms with Gasteiger partial charge in [-0.15, -0.1) is 0 Å². The van der Waals surface area contributed by atoms with Crippen LogP contribution in [-0.2, 0) is 14.6 Å². The Morgan fingerprint density at radius 1 is 1.19 bits per heavy atom. The second-order valence-corrected chi connectivity index (χ2v) is 11.3. The zero-order valence-electron chi connectivity index (χ0n) is 14.7. The first-order valence-corrected chi connectivity index (χ1v) is 9.53. The van der Waals surface area contributed by atoms with Gasteiger partial charge in [0, 0.05) is 24.1 Å². The quantitative estimate of drug-likeness (QED) is 0.846. The van der Waals surface area contributed by atoms with Gasteiger partial charge in [0.25, 0.3) is 0 Å². The molecule has 0 aromatic heterocycles. The van der Waals surface area contributed by atoms with Crippen LogP contribution in [0.4, 0.5) is 0 Å². The minimum Gasteiger partial charge on any atom is -0.378 e. The van der Waals surface area contributed by atoms with Crippen molar-refractivity contribution in [3.05, 3.63) is 0 Å². The van der Waals surface area contributed by atoms with E-state index in [4.69, 9.17) is 4.74 Å². The molecular weight excluding hydrogens is 286 g/mol. The van der Waals surface area contributed by atoms with Crippen LogP contribution < -0.4 is 5.32 Å². The summed E-state index contributed by atoms with van der Waals surface area (Å²) in [6.07, 6.45) is 1.69. The van der Waals surface area contributed by atoms with E-state index < -0.39 is 14.6 Å². The van der Waals surface area contributed by atoms with Gasteiger partial charge < -0.3 is 10.1 Å². The van der Waals surface area contributed by atoms with Crippen molar-refractivity contribution in [2.45, 2.75) is 77.7 Å². The Labute approximate surface area is 130 Å². The first-order valence-electron chi connectivity index (χ1n) is 7.88. The van der Waals surface area contributed by atoms with E-state index in [1.165, 1.54) is 0 Å². The molecule has 1 aliphatic rings. The van der Waals surface area contributed by atoms with E-state index in [1.807, 2.05) is 0 Å². The molecule has 0 aliphatic carbocycles. The van der Waals surface area contributed by atoms with Crippen molar-refractivity contribution in [1.82, 2.24) is 5.32 Å². The summed E-state index contributed by atoms with van der Waals surface area (Å²) in [5.41, 5.74) is -0.0518. The van der Waals surface area contributed by atoms with Crippen molar-refractivity contribution < 1.29 is 13.2 Å². The summed E-state index contributed by atoms with van der Waals surface area (Å²) in [7, 11) is -3.08. The highest BCUT2D eigenvalue weighted by Crippen LogP contribution is 2.39. The zero-order chi connectivity index (χ0) is 16.5. The molecule has 0 amide bonds. The van der Waals surface area contributed by atoms with Gasteiger partial charge >= 0.3 is 0 Å². The maximum atomic E-state index is 12.4. The second kappa shape index (κ2) is 6.17. The standard InChI is InChI=1S/C16H33NO3S/c1-13-16(8-10-20-13,12-17-14(2,3)4)9-11-21(18,19)15(5,6)7/h13,17H,8-12H2,1-7H3. The molecule has 0 radical (unpaired) electrons. The number of sulfone groups is 1. The first kappa shape index (κ1) is 18.9. The lowest BCUT2D eigenvalue weighted by Gasteiger charge is -2.36. The first-order chi connectivity index (χ1) is 9.29. The third kappa shape index (κ3) is 4.93. The molecule has 0 bridgehead atoms. The van der Waals surface area contributed by atoms with Crippen molar-refractivity contribution in [2.24, 2.45) is 5.41 Å². The Bertz CT molecular complexity index is 445. The van der Waals surface area contributed by atoms with Gasteiger partial charge in [0.1, 0.15) is 0 Å². The van der Waals surface area contributed by atoms with Crippen LogP contribution in [0.3, 0.4) is 0 Å². The molecule has 5 heteroatoms. The summed E-state index contributed by atoms with van der Waals surface area (Å²) in [5, 5.41) is 3.54. The summed E-state index contributed by atoms with van der Waals surface area (Å²) in [6.45, 7) is 15.3. The molecule has 1 aliphatic heterocycles. The number of rotatable bonds is 5. The van der Waals surface area contributed by atoms with Gasteiger partial charge in [-0.1, -0.05) is 0 Å². The monoisotopic (exact) mass is 319 g/mol. The van der Waals surface area contributed by atoms with E-state index in [2.05, 4.69) is 33.0 Å². The Morgan fingerprint density at radius 3 is 2.14 bits per heavy atom. The van der Waals surface area contributed by atoms with Crippen molar-refractivity contribution in [3.63, 3.8) is 0 Å². The van der Waals surface area contributed by atoms with Crippen LogP contribution in [0.5, 0.6) is 0 Å². The molecule has 1 fully saturated rings. The smallest absolute Gasteiger partial charge is 0.155 e. The largest absolute Gasteiger partial charge is 0.378 e. The van der Waals surface area contributed by atoms with E-state index in [0.717, 1.165) is 19.6 Å². The van der Waals surface area contributed by atoms with Crippen molar-refractivity contribution in [3.8, 4) is 0 Å². The summed E-state index contributed by atoms with van der Waals surface area (Å²) in [4.78, 5) is 0. The molecule has 0 aromatic carbocycles. The minimum absolute atomic E-state index is 0.0260. The van der Waals surface area contributed by atoms with Crippen molar-refractivity contribution >= 4 is 9.84 Å². The predicted molar refractivity (Wildman–Crippen MR) is 88.4 cm³/mol. The van der Waals surface area contributed by atoms with Gasteiger partial charge in [0.05, 0.1) is 16.6 Å². The van der Waals surface area contributed by atoms with Crippen LogP contribution in [-0.4, -0.2) is 43.7 Å². The maximum Gasteiger partial charge on any atom is 0.155 e. The van der Waals surface area contributed by atoms with Gasteiger partial charge in [-0.2, -0.15) is 0 Å². The number of hydrogen-bond donors (Lipinski definition) is 1. The van der Waals surface area contributed by atoms with Gasteiger partial charge in [-0.3, -0.25) is 0 Å². The lowest BCUT2D eigenvalue weighted by Crippen LogP contribution is -2.47. The number of ether oxygens (including phenoxy) is 1. The molecule has 0 aromatic rings. The summed E-state index contributed by atoms with van der Waals surface area (Å²) < 4.78 is 29.9. The van der Waals surface area contributed by atoms with E-state index in [1.54, 1.807) is 20.8 Å². The van der Waals surface area contributed by atoms with Gasteiger partial charge in [0.15, 0.2) is 9.84 Å². The highest BCUT2D eigenvalue weighted by atomic mass is 32.2. The fourth-order valence-corrected chi connectivity index (χ4v) is 3.84. The highest BCUT2D eigenvalue weighted by Gasteiger charge is 2.43. The van der Waals surface area contributed by atoms with Gasteiger partial charge in [-0.05, 0) is 61.3 Å². The third-order valence-corrected chi connectivity index (χ3v) is 7.21. The normalized spacial score (nSPS) is 28.0. The fourth-order valence-electron chi connectivity index (χ4n) is 2.55. The molecule has 0 spiro atoms. The summed E-state index contributed by atoms with van der Waals surface area (Å²) >= 11 is 0.